The normalized spacial score (nSPS) is 16.6. The van der Waals surface area contributed by atoms with Crippen molar-refractivity contribution >= 4 is 0 Å². The molecule has 0 spiro atoms. The minimum Gasteiger partial charge on any atom is -0.400 e. The number of nitrogens with zero attached hydrogens (tertiary/aromatic N) is 1. The Hall–Kier alpha value is -1.35. The predicted molar refractivity (Wildman–Crippen MR) is 54.4 cm³/mol. The molecule has 1 heterocycles. The molecular formula is C11H14N2O. The van der Waals surface area contributed by atoms with Crippen LogP contribution in [0, 0.1) is 6.92 Å². The molecule has 0 saturated heterocycles. The molecule has 0 aromatic carbocycles. The van der Waals surface area contributed by atoms with Crippen LogP contribution in [0.3, 0.4) is 0 Å². The number of rotatable bonds is 2. The van der Waals surface area contributed by atoms with Crippen LogP contribution in [0.25, 0.3) is 0 Å². The third-order valence-electron chi connectivity index (χ3n) is 2.42. The summed E-state index contributed by atoms with van der Waals surface area (Å²) in [6.45, 7) is 1.97. The van der Waals surface area contributed by atoms with Crippen LogP contribution in [0.1, 0.15) is 30.2 Å². The Labute approximate surface area is 83.3 Å². The predicted octanol–water partition coefficient (Wildman–Crippen LogP) is 1.43. The van der Waals surface area contributed by atoms with Crippen molar-refractivity contribution in [3.05, 3.63) is 40.9 Å². The standard InChI is InChI=1S/C11H14N2O/c1-7-4-5-13-9(6-7)11(14)10(12)8-2-3-8/h4-6,11,14H,2-3,12H2,1H3. The fourth-order valence-corrected chi connectivity index (χ4v) is 1.41. The van der Waals surface area contributed by atoms with Gasteiger partial charge in [0.25, 0.3) is 0 Å². The molecule has 1 aliphatic carbocycles. The molecular weight excluding hydrogens is 176 g/mol. The van der Waals surface area contributed by atoms with E-state index in [9.17, 15) is 5.11 Å². The Kier molecular flexibility index (Phi) is 2.25. The molecule has 0 amide bonds. The van der Waals surface area contributed by atoms with Gasteiger partial charge in [0, 0.05) is 11.9 Å². The van der Waals surface area contributed by atoms with Gasteiger partial charge in [-0.15, -0.1) is 0 Å². The van der Waals surface area contributed by atoms with Gasteiger partial charge in [-0.2, -0.15) is 0 Å². The van der Waals surface area contributed by atoms with E-state index in [1.165, 1.54) is 5.57 Å². The molecule has 3 heteroatoms. The third kappa shape index (κ3) is 1.77. The van der Waals surface area contributed by atoms with Gasteiger partial charge in [-0.1, -0.05) is 0 Å². The Morgan fingerprint density at radius 1 is 1.57 bits per heavy atom. The zero-order valence-corrected chi connectivity index (χ0v) is 8.20. The van der Waals surface area contributed by atoms with E-state index in [1.54, 1.807) is 6.20 Å². The first-order chi connectivity index (χ1) is 6.68. The second-order valence-electron chi connectivity index (χ2n) is 3.72. The fourth-order valence-electron chi connectivity index (χ4n) is 1.41. The summed E-state index contributed by atoms with van der Waals surface area (Å²) in [5, 5.41) is 9.88. The molecule has 0 aliphatic heterocycles. The molecule has 1 aliphatic rings. The summed E-state index contributed by atoms with van der Waals surface area (Å²) in [7, 11) is 0. The summed E-state index contributed by atoms with van der Waals surface area (Å²) in [4.78, 5) is 4.11. The van der Waals surface area contributed by atoms with Crippen LogP contribution < -0.4 is 5.73 Å². The van der Waals surface area contributed by atoms with Crippen molar-refractivity contribution in [1.29, 1.82) is 0 Å². The first kappa shape index (κ1) is 9.21. The van der Waals surface area contributed by atoms with Crippen molar-refractivity contribution in [2.45, 2.75) is 25.9 Å². The first-order valence-corrected chi connectivity index (χ1v) is 4.76. The Morgan fingerprint density at radius 2 is 2.29 bits per heavy atom. The quantitative estimate of drug-likeness (QED) is 0.741. The van der Waals surface area contributed by atoms with Gasteiger partial charge in [0.1, 0.15) is 6.10 Å². The Morgan fingerprint density at radius 3 is 2.86 bits per heavy atom. The van der Waals surface area contributed by atoms with Gasteiger partial charge in [0.2, 0.25) is 0 Å². The van der Waals surface area contributed by atoms with Gasteiger partial charge in [-0.3, -0.25) is 4.98 Å². The molecule has 2 rings (SSSR count). The number of aryl methyl sites for hydroxylation is 1. The monoisotopic (exact) mass is 190 g/mol. The van der Waals surface area contributed by atoms with Crippen LogP contribution in [-0.4, -0.2) is 10.1 Å². The van der Waals surface area contributed by atoms with E-state index in [2.05, 4.69) is 4.98 Å². The van der Waals surface area contributed by atoms with Crippen molar-refractivity contribution in [3.8, 4) is 0 Å². The summed E-state index contributed by atoms with van der Waals surface area (Å²) < 4.78 is 0. The van der Waals surface area contributed by atoms with Crippen LogP contribution in [0.5, 0.6) is 0 Å². The zero-order valence-electron chi connectivity index (χ0n) is 8.20. The van der Waals surface area contributed by atoms with Gasteiger partial charge in [0.15, 0.2) is 0 Å². The average molecular weight is 190 g/mol. The highest BCUT2D eigenvalue weighted by Crippen LogP contribution is 2.34. The highest BCUT2D eigenvalue weighted by Gasteiger charge is 2.22. The molecule has 74 valence electrons. The third-order valence-corrected chi connectivity index (χ3v) is 2.42. The van der Waals surface area contributed by atoms with Gasteiger partial charge < -0.3 is 10.8 Å². The lowest BCUT2D eigenvalue weighted by Crippen LogP contribution is -2.11. The van der Waals surface area contributed by atoms with Crippen molar-refractivity contribution in [2.75, 3.05) is 0 Å². The van der Waals surface area contributed by atoms with Crippen LogP contribution in [0.15, 0.2) is 29.6 Å². The fraction of sp³-hybridized carbons (Fsp3) is 0.364. The molecule has 3 nitrogen and oxygen atoms in total. The lowest BCUT2D eigenvalue weighted by Gasteiger charge is -2.10. The summed E-state index contributed by atoms with van der Waals surface area (Å²) in [5.74, 6) is 0. The van der Waals surface area contributed by atoms with E-state index < -0.39 is 6.10 Å². The summed E-state index contributed by atoms with van der Waals surface area (Å²) in [5.41, 5.74) is 9.27. The second kappa shape index (κ2) is 3.42. The summed E-state index contributed by atoms with van der Waals surface area (Å²) in [6.07, 6.45) is 3.01. The molecule has 0 radical (unpaired) electrons. The first-order valence-electron chi connectivity index (χ1n) is 4.76. The minimum atomic E-state index is -0.729. The van der Waals surface area contributed by atoms with E-state index in [0.717, 1.165) is 18.4 Å². The topological polar surface area (TPSA) is 59.1 Å². The van der Waals surface area contributed by atoms with Gasteiger partial charge in [-0.05, 0) is 43.0 Å². The maximum absolute atomic E-state index is 9.88. The smallest absolute Gasteiger partial charge is 0.135 e. The van der Waals surface area contributed by atoms with Crippen LogP contribution in [0.2, 0.25) is 0 Å². The van der Waals surface area contributed by atoms with Crippen LogP contribution >= 0.6 is 0 Å². The number of allylic oxidation sites excluding steroid dienone is 1. The number of aliphatic hydroxyl groups is 1. The van der Waals surface area contributed by atoms with E-state index in [-0.39, 0.29) is 0 Å². The van der Waals surface area contributed by atoms with Crippen molar-refractivity contribution in [3.63, 3.8) is 0 Å². The van der Waals surface area contributed by atoms with Crippen LogP contribution in [0.4, 0.5) is 0 Å². The molecule has 14 heavy (non-hydrogen) atoms. The van der Waals surface area contributed by atoms with Crippen molar-refractivity contribution < 1.29 is 5.11 Å². The highest BCUT2D eigenvalue weighted by atomic mass is 16.3. The number of aromatic nitrogens is 1. The van der Waals surface area contributed by atoms with Crippen LogP contribution in [-0.2, 0) is 0 Å². The molecule has 3 N–H and O–H groups in total. The maximum Gasteiger partial charge on any atom is 0.135 e. The lowest BCUT2D eigenvalue weighted by molar-refractivity contribution is 0.208. The highest BCUT2D eigenvalue weighted by molar-refractivity contribution is 5.30. The molecule has 1 atom stereocenters. The zero-order chi connectivity index (χ0) is 10.1. The summed E-state index contributed by atoms with van der Waals surface area (Å²) >= 11 is 0. The average Bonchev–Trinajstić information content (AvgIpc) is 2.99. The van der Waals surface area contributed by atoms with Gasteiger partial charge in [-0.25, -0.2) is 0 Å². The molecule has 1 aromatic heterocycles. The lowest BCUT2D eigenvalue weighted by atomic mass is 10.1. The largest absolute Gasteiger partial charge is 0.400 e. The maximum atomic E-state index is 9.88. The number of pyridine rings is 1. The summed E-state index contributed by atoms with van der Waals surface area (Å²) in [6, 6.07) is 3.76. The van der Waals surface area contributed by atoms with Crippen molar-refractivity contribution in [2.24, 2.45) is 5.73 Å². The number of aliphatic hydroxyl groups excluding tert-OH is 1. The molecule has 0 bridgehead atoms. The number of nitrogens with two attached hydrogens (primary N) is 1. The van der Waals surface area contributed by atoms with E-state index in [4.69, 9.17) is 5.73 Å². The molecule has 1 unspecified atom stereocenters. The second-order valence-corrected chi connectivity index (χ2v) is 3.72. The molecule has 1 saturated carbocycles. The minimum absolute atomic E-state index is 0.586. The Balaban J connectivity index is 2.26. The Bertz CT molecular complexity index is 379. The van der Waals surface area contributed by atoms with Gasteiger partial charge >= 0.3 is 0 Å². The van der Waals surface area contributed by atoms with Crippen molar-refractivity contribution in [1.82, 2.24) is 4.98 Å². The van der Waals surface area contributed by atoms with Gasteiger partial charge in [0.05, 0.1) is 5.69 Å². The molecule has 1 aromatic rings. The number of hydrogen-bond donors (Lipinski definition) is 2. The van der Waals surface area contributed by atoms with E-state index in [0.29, 0.717) is 11.4 Å². The molecule has 1 fully saturated rings. The number of hydrogen-bond acceptors (Lipinski definition) is 3. The van der Waals surface area contributed by atoms with E-state index in [1.807, 2.05) is 19.1 Å². The SMILES string of the molecule is Cc1ccnc(C(O)C(N)=C2CC2)c1. The van der Waals surface area contributed by atoms with E-state index >= 15 is 0 Å².